The molecule has 4 heterocycles. The minimum Gasteiger partial charge on any atom is -0.380 e. The van der Waals surface area contributed by atoms with E-state index in [9.17, 15) is 5.11 Å². The van der Waals surface area contributed by atoms with Gasteiger partial charge in [0, 0.05) is 47.9 Å². The zero-order chi connectivity index (χ0) is 24.8. The summed E-state index contributed by atoms with van der Waals surface area (Å²) in [6.45, 7) is 12.2. The highest BCUT2D eigenvalue weighted by molar-refractivity contribution is 5.56. The van der Waals surface area contributed by atoms with Crippen molar-refractivity contribution in [1.29, 1.82) is 0 Å². The van der Waals surface area contributed by atoms with Gasteiger partial charge in [-0.25, -0.2) is 0 Å². The first-order valence-electron chi connectivity index (χ1n) is 12.7. The highest BCUT2D eigenvalue weighted by Gasteiger charge is 2.55. The van der Waals surface area contributed by atoms with Gasteiger partial charge < -0.3 is 19.8 Å². The number of aliphatic hydroxyl groups is 1. The zero-order valence-corrected chi connectivity index (χ0v) is 21.5. The van der Waals surface area contributed by atoms with Crippen molar-refractivity contribution < 1.29 is 9.63 Å². The number of likely N-dealkylation sites (tertiary alicyclic amines) is 1. The van der Waals surface area contributed by atoms with Crippen LogP contribution in [0.5, 0.6) is 0 Å². The monoisotopic (exact) mass is 475 g/mol. The van der Waals surface area contributed by atoms with Crippen molar-refractivity contribution in [3.05, 3.63) is 65.3 Å². The number of hydrogen-bond acceptors (Lipinski definition) is 7. The van der Waals surface area contributed by atoms with Crippen molar-refractivity contribution in [2.45, 2.75) is 51.6 Å². The average molecular weight is 476 g/mol. The van der Waals surface area contributed by atoms with Gasteiger partial charge in [0.25, 0.3) is 0 Å². The summed E-state index contributed by atoms with van der Waals surface area (Å²) in [5.74, 6) is 2.34. The number of piperidine rings is 1. The molecule has 3 aromatic rings. The molecule has 0 radical (unpaired) electrons. The Kier molecular flexibility index (Phi) is 6.28. The van der Waals surface area contributed by atoms with E-state index in [-0.39, 0.29) is 11.3 Å². The topological polar surface area (TPSA) is 87.3 Å². The van der Waals surface area contributed by atoms with Crippen molar-refractivity contribution in [1.82, 2.24) is 25.3 Å². The highest BCUT2D eigenvalue weighted by atomic mass is 16.5. The van der Waals surface area contributed by atoms with E-state index in [1.165, 1.54) is 5.56 Å². The lowest BCUT2D eigenvalue weighted by atomic mass is 9.62. The van der Waals surface area contributed by atoms with Crippen LogP contribution in [0, 0.1) is 11.3 Å². The second-order valence-electron chi connectivity index (χ2n) is 11.2. The van der Waals surface area contributed by atoms with Crippen molar-refractivity contribution in [3.8, 4) is 11.4 Å². The third kappa shape index (κ3) is 4.20. The van der Waals surface area contributed by atoms with Crippen molar-refractivity contribution in [2.24, 2.45) is 11.3 Å². The van der Waals surface area contributed by atoms with Crippen molar-refractivity contribution >= 4 is 0 Å². The summed E-state index contributed by atoms with van der Waals surface area (Å²) in [5, 5.41) is 20.2. The molecule has 2 aliphatic rings. The minimum atomic E-state index is -1.20. The Balaban J connectivity index is 1.53. The molecule has 0 unspecified atom stereocenters. The molecule has 2 fully saturated rings. The Labute approximate surface area is 208 Å². The number of rotatable bonds is 6. The van der Waals surface area contributed by atoms with Gasteiger partial charge in [-0.05, 0) is 55.6 Å². The molecule has 5 rings (SSSR count). The van der Waals surface area contributed by atoms with E-state index in [1.807, 2.05) is 6.07 Å². The van der Waals surface area contributed by atoms with Gasteiger partial charge in [-0.15, -0.1) is 0 Å². The second-order valence-corrected chi connectivity index (χ2v) is 11.2. The predicted molar refractivity (Wildman–Crippen MR) is 136 cm³/mol. The maximum Gasteiger partial charge on any atom is 0.230 e. The van der Waals surface area contributed by atoms with Gasteiger partial charge in [-0.2, -0.15) is 4.98 Å². The molecule has 1 aromatic carbocycles. The van der Waals surface area contributed by atoms with E-state index in [0.29, 0.717) is 23.6 Å². The molecule has 2 saturated heterocycles. The fourth-order valence-electron chi connectivity index (χ4n) is 5.99. The molecule has 0 spiro atoms. The summed E-state index contributed by atoms with van der Waals surface area (Å²) in [4.78, 5) is 11.5. The minimum absolute atomic E-state index is 0.259. The van der Waals surface area contributed by atoms with Crippen LogP contribution in [0.15, 0.2) is 47.2 Å². The summed E-state index contributed by atoms with van der Waals surface area (Å²) in [6.07, 6.45) is 4.51. The SMILES string of the molecule is CC(C)c1ccc([C@](O)(c2cncc(-c3noc([C@H]4CCNC[C@H]4C)n3)c2)C2(C)CN(C)C2)cc1. The molecule has 7 heteroatoms. The molecule has 0 aliphatic carbocycles. The summed E-state index contributed by atoms with van der Waals surface area (Å²) in [6, 6.07) is 10.4. The van der Waals surface area contributed by atoms with Crippen molar-refractivity contribution in [2.75, 3.05) is 33.2 Å². The largest absolute Gasteiger partial charge is 0.380 e. The second kappa shape index (κ2) is 9.12. The normalized spacial score (nSPS) is 24.2. The van der Waals surface area contributed by atoms with E-state index in [2.05, 4.69) is 79.4 Å². The first-order chi connectivity index (χ1) is 16.7. The van der Waals surface area contributed by atoms with Crippen LogP contribution in [0.4, 0.5) is 0 Å². The Hall–Kier alpha value is -2.61. The molecule has 0 saturated carbocycles. The van der Waals surface area contributed by atoms with Crippen LogP contribution in [0.2, 0.25) is 0 Å². The molecule has 7 nitrogen and oxygen atoms in total. The first-order valence-corrected chi connectivity index (χ1v) is 12.7. The molecule has 35 heavy (non-hydrogen) atoms. The maximum absolute atomic E-state index is 12.5. The standard InChI is InChI=1S/C28H37N5O2/c1-18(2)20-6-8-22(9-7-20)28(34,27(4)16-33(5)17-27)23-12-21(14-30-15-23)25-31-26(35-32-25)24-10-11-29-13-19(24)3/h6-9,12,14-15,18-19,24,29,34H,10-11,13,16-17H2,1-5H3/t19-,24+,28+/m1/s1. The molecular formula is C28H37N5O2. The lowest BCUT2D eigenvalue weighted by Crippen LogP contribution is -2.63. The number of nitrogens with one attached hydrogen (secondary N) is 1. The van der Waals surface area contributed by atoms with Crippen LogP contribution in [0.25, 0.3) is 11.4 Å². The average Bonchev–Trinajstić information content (AvgIpc) is 3.33. The molecule has 2 aromatic heterocycles. The predicted octanol–water partition coefficient (Wildman–Crippen LogP) is 4.16. The fourth-order valence-corrected chi connectivity index (χ4v) is 5.99. The van der Waals surface area contributed by atoms with E-state index in [4.69, 9.17) is 9.51 Å². The number of aromatic nitrogens is 3. The Morgan fingerprint density at radius 2 is 1.91 bits per heavy atom. The summed E-state index contributed by atoms with van der Waals surface area (Å²) < 4.78 is 5.70. The Morgan fingerprint density at radius 3 is 2.57 bits per heavy atom. The van der Waals surface area contributed by atoms with Crippen LogP contribution in [0.3, 0.4) is 0 Å². The summed E-state index contributed by atoms with van der Waals surface area (Å²) in [5.41, 5.74) is 2.10. The lowest BCUT2D eigenvalue weighted by molar-refractivity contribution is -0.127. The smallest absolute Gasteiger partial charge is 0.230 e. The quantitative estimate of drug-likeness (QED) is 0.554. The molecule has 0 amide bonds. The van der Waals surface area contributed by atoms with Crippen LogP contribution in [-0.4, -0.2) is 58.4 Å². The van der Waals surface area contributed by atoms with Gasteiger partial charge in [0.1, 0.15) is 5.60 Å². The van der Waals surface area contributed by atoms with E-state index in [1.54, 1.807) is 12.4 Å². The van der Waals surface area contributed by atoms with Gasteiger partial charge in [-0.1, -0.05) is 57.1 Å². The number of nitrogens with zero attached hydrogens (tertiary/aromatic N) is 4. The first kappa shape index (κ1) is 24.1. The van der Waals surface area contributed by atoms with E-state index in [0.717, 1.165) is 49.3 Å². The number of benzene rings is 1. The van der Waals surface area contributed by atoms with E-state index < -0.39 is 5.60 Å². The summed E-state index contributed by atoms with van der Waals surface area (Å²) in [7, 11) is 2.08. The third-order valence-electron chi connectivity index (χ3n) is 8.06. The molecule has 0 bridgehead atoms. The molecule has 2 N–H and O–H groups in total. The highest BCUT2D eigenvalue weighted by Crippen LogP contribution is 2.50. The van der Waals surface area contributed by atoms with E-state index >= 15 is 0 Å². The number of pyridine rings is 1. The van der Waals surface area contributed by atoms with Gasteiger partial charge in [0.05, 0.1) is 0 Å². The van der Waals surface area contributed by atoms with Crippen LogP contribution >= 0.6 is 0 Å². The Morgan fingerprint density at radius 1 is 1.17 bits per heavy atom. The third-order valence-corrected chi connectivity index (χ3v) is 8.06. The van der Waals surface area contributed by atoms with Gasteiger partial charge in [-0.3, -0.25) is 4.98 Å². The van der Waals surface area contributed by atoms with Crippen molar-refractivity contribution in [3.63, 3.8) is 0 Å². The van der Waals surface area contributed by atoms with Gasteiger partial charge in [0.2, 0.25) is 11.7 Å². The zero-order valence-electron chi connectivity index (χ0n) is 21.5. The summed E-state index contributed by atoms with van der Waals surface area (Å²) >= 11 is 0. The van der Waals surface area contributed by atoms with Crippen LogP contribution < -0.4 is 5.32 Å². The molecule has 2 aliphatic heterocycles. The van der Waals surface area contributed by atoms with Gasteiger partial charge >= 0.3 is 0 Å². The molecule has 3 atom stereocenters. The fraction of sp³-hybridized carbons (Fsp3) is 0.536. The maximum atomic E-state index is 12.5. The number of hydrogen-bond donors (Lipinski definition) is 2. The Bertz CT molecular complexity index is 1170. The van der Waals surface area contributed by atoms with Crippen LogP contribution in [0.1, 0.15) is 68.5 Å². The van der Waals surface area contributed by atoms with Gasteiger partial charge in [0.15, 0.2) is 0 Å². The molecule has 186 valence electrons. The lowest BCUT2D eigenvalue weighted by Gasteiger charge is -2.55. The molecular weight excluding hydrogens is 438 g/mol. The van der Waals surface area contributed by atoms with Crippen LogP contribution in [-0.2, 0) is 5.60 Å².